The van der Waals surface area contributed by atoms with Crippen LogP contribution in [0, 0.1) is 0 Å². The van der Waals surface area contributed by atoms with E-state index in [1.54, 1.807) is 43.5 Å². The van der Waals surface area contributed by atoms with Gasteiger partial charge in [-0.05, 0) is 51.8 Å². The van der Waals surface area contributed by atoms with Crippen LogP contribution in [0.15, 0.2) is 51.8 Å². The van der Waals surface area contributed by atoms with Gasteiger partial charge in [0.05, 0.1) is 17.8 Å². The van der Waals surface area contributed by atoms with E-state index in [4.69, 9.17) is 10.5 Å². The largest absolute Gasteiger partial charge is 0.497 e. The van der Waals surface area contributed by atoms with Crippen molar-refractivity contribution in [2.24, 2.45) is 0 Å². The number of hydrogen-bond donors (Lipinski definition) is 1. The van der Waals surface area contributed by atoms with Gasteiger partial charge < -0.3 is 10.5 Å². The predicted octanol–water partition coefficient (Wildman–Crippen LogP) is 3.01. The topological polar surface area (TPSA) is 69.4 Å². The van der Waals surface area contributed by atoms with Crippen LogP contribution in [0.5, 0.6) is 5.75 Å². The Labute approximate surface area is 126 Å². The minimum atomic E-state index is -3.42. The third-order valence-corrected chi connectivity index (χ3v) is 5.46. The fraction of sp³-hybridized carbons (Fsp3) is 0.143. The summed E-state index contributed by atoms with van der Waals surface area (Å²) in [5.74, 6) is 0.624. The van der Waals surface area contributed by atoms with Gasteiger partial charge in [-0.2, -0.15) is 0 Å². The zero-order valence-electron chi connectivity index (χ0n) is 10.8. The van der Waals surface area contributed by atoms with E-state index in [-0.39, 0.29) is 10.6 Å². The molecule has 0 unspecified atom stereocenters. The zero-order chi connectivity index (χ0) is 14.8. The lowest BCUT2D eigenvalue weighted by Crippen LogP contribution is -2.06. The lowest BCUT2D eigenvalue weighted by atomic mass is 10.2. The minimum Gasteiger partial charge on any atom is -0.497 e. The van der Waals surface area contributed by atoms with E-state index >= 15 is 0 Å². The summed E-state index contributed by atoms with van der Waals surface area (Å²) < 4.78 is 30.3. The molecule has 2 rings (SSSR count). The van der Waals surface area contributed by atoms with Gasteiger partial charge in [0.15, 0.2) is 9.84 Å². The summed E-state index contributed by atoms with van der Waals surface area (Å²) in [6, 6.07) is 11.6. The number of anilines is 1. The van der Waals surface area contributed by atoms with Crippen LogP contribution < -0.4 is 10.5 Å². The molecule has 6 heteroatoms. The maximum Gasteiger partial charge on any atom is 0.183 e. The number of benzene rings is 2. The molecule has 106 valence electrons. The highest BCUT2D eigenvalue weighted by Crippen LogP contribution is 2.27. The van der Waals surface area contributed by atoms with Gasteiger partial charge in [0, 0.05) is 10.2 Å². The quantitative estimate of drug-likeness (QED) is 0.855. The molecule has 0 atom stereocenters. The molecule has 20 heavy (non-hydrogen) atoms. The molecule has 0 saturated carbocycles. The number of methoxy groups -OCH3 is 1. The summed E-state index contributed by atoms with van der Waals surface area (Å²) in [6.07, 6.45) is 0. The van der Waals surface area contributed by atoms with Crippen molar-refractivity contribution in [2.75, 3.05) is 12.8 Å². The monoisotopic (exact) mass is 355 g/mol. The number of hydrogen-bond acceptors (Lipinski definition) is 4. The Morgan fingerprint density at radius 3 is 2.35 bits per heavy atom. The Morgan fingerprint density at radius 1 is 1.15 bits per heavy atom. The molecule has 0 amide bonds. The molecule has 0 aliphatic heterocycles. The average Bonchev–Trinajstić information content (AvgIpc) is 2.38. The number of nitrogen functional groups attached to an aromatic ring is 1. The first-order valence-corrected chi connectivity index (χ1v) is 8.27. The summed E-state index contributed by atoms with van der Waals surface area (Å²) in [5, 5.41) is 0. The Hall–Kier alpha value is -1.53. The molecule has 0 radical (unpaired) electrons. The van der Waals surface area contributed by atoms with Crippen molar-refractivity contribution >= 4 is 31.5 Å². The van der Waals surface area contributed by atoms with Crippen LogP contribution in [-0.2, 0) is 15.6 Å². The van der Waals surface area contributed by atoms with Gasteiger partial charge in [-0.1, -0.05) is 12.1 Å². The molecule has 0 aromatic heterocycles. The SMILES string of the molecule is COc1ccc(CS(=O)(=O)c2ccc(N)cc2Br)cc1. The first kappa shape index (κ1) is 14.9. The number of ether oxygens (including phenoxy) is 1. The van der Waals surface area contributed by atoms with Crippen molar-refractivity contribution in [2.45, 2.75) is 10.6 Å². The number of sulfone groups is 1. The van der Waals surface area contributed by atoms with E-state index in [0.29, 0.717) is 21.5 Å². The van der Waals surface area contributed by atoms with E-state index in [2.05, 4.69) is 15.9 Å². The van der Waals surface area contributed by atoms with Gasteiger partial charge in [-0.25, -0.2) is 8.42 Å². The van der Waals surface area contributed by atoms with Crippen molar-refractivity contribution in [1.29, 1.82) is 0 Å². The second-order valence-electron chi connectivity index (χ2n) is 4.30. The first-order valence-electron chi connectivity index (χ1n) is 5.83. The number of rotatable bonds is 4. The average molecular weight is 356 g/mol. The van der Waals surface area contributed by atoms with Crippen molar-refractivity contribution < 1.29 is 13.2 Å². The van der Waals surface area contributed by atoms with Gasteiger partial charge in [0.25, 0.3) is 0 Å². The second kappa shape index (κ2) is 5.85. The van der Waals surface area contributed by atoms with Crippen LogP contribution in [0.3, 0.4) is 0 Å². The van der Waals surface area contributed by atoms with Crippen molar-refractivity contribution in [3.8, 4) is 5.75 Å². The molecule has 2 aromatic carbocycles. The Kier molecular flexibility index (Phi) is 4.35. The minimum absolute atomic E-state index is 0.0699. The predicted molar refractivity (Wildman–Crippen MR) is 82.4 cm³/mol. The molecule has 4 nitrogen and oxygen atoms in total. The normalized spacial score (nSPS) is 11.3. The zero-order valence-corrected chi connectivity index (χ0v) is 13.2. The highest BCUT2D eigenvalue weighted by atomic mass is 79.9. The smallest absolute Gasteiger partial charge is 0.183 e. The van der Waals surface area contributed by atoms with Crippen LogP contribution in [-0.4, -0.2) is 15.5 Å². The van der Waals surface area contributed by atoms with Crippen molar-refractivity contribution in [1.82, 2.24) is 0 Å². The molecule has 2 N–H and O–H groups in total. The van der Waals surface area contributed by atoms with Crippen LogP contribution in [0.2, 0.25) is 0 Å². The van der Waals surface area contributed by atoms with Gasteiger partial charge in [0.1, 0.15) is 5.75 Å². The van der Waals surface area contributed by atoms with Gasteiger partial charge in [-0.15, -0.1) is 0 Å². The van der Waals surface area contributed by atoms with E-state index in [1.807, 2.05) is 0 Å². The van der Waals surface area contributed by atoms with Crippen molar-refractivity contribution in [3.63, 3.8) is 0 Å². The Balaban J connectivity index is 2.30. The molecule has 2 aromatic rings. The highest BCUT2D eigenvalue weighted by Gasteiger charge is 2.18. The van der Waals surface area contributed by atoms with E-state index in [0.717, 1.165) is 0 Å². The number of nitrogens with two attached hydrogens (primary N) is 1. The van der Waals surface area contributed by atoms with Crippen molar-refractivity contribution in [3.05, 3.63) is 52.5 Å². The van der Waals surface area contributed by atoms with Gasteiger partial charge >= 0.3 is 0 Å². The molecule has 0 bridgehead atoms. The van der Waals surface area contributed by atoms with Crippen LogP contribution in [0.4, 0.5) is 5.69 Å². The molecule has 0 heterocycles. The summed E-state index contributed by atoms with van der Waals surface area (Å²) in [4.78, 5) is 0.238. The molecular weight excluding hydrogens is 342 g/mol. The Morgan fingerprint density at radius 2 is 1.80 bits per heavy atom. The van der Waals surface area contributed by atoms with E-state index < -0.39 is 9.84 Å². The third-order valence-electron chi connectivity index (χ3n) is 2.81. The fourth-order valence-electron chi connectivity index (χ4n) is 1.79. The molecule has 0 aliphatic carbocycles. The van der Waals surface area contributed by atoms with Crippen LogP contribution >= 0.6 is 15.9 Å². The first-order chi connectivity index (χ1) is 9.42. The lowest BCUT2D eigenvalue weighted by molar-refractivity contribution is 0.414. The standard InChI is InChI=1S/C14H14BrNO3S/c1-19-12-5-2-10(3-6-12)9-20(17,18)14-7-4-11(16)8-13(14)15/h2-8H,9,16H2,1H3. The van der Waals surface area contributed by atoms with Crippen LogP contribution in [0.1, 0.15) is 5.56 Å². The van der Waals surface area contributed by atoms with Crippen LogP contribution in [0.25, 0.3) is 0 Å². The summed E-state index contributed by atoms with van der Waals surface area (Å²) in [7, 11) is -1.86. The summed E-state index contributed by atoms with van der Waals surface area (Å²) in [5.41, 5.74) is 6.83. The molecule has 0 spiro atoms. The molecule has 0 aliphatic rings. The lowest BCUT2D eigenvalue weighted by Gasteiger charge is -2.08. The van der Waals surface area contributed by atoms with E-state index in [9.17, 15) is 8.42 Å². The molecule has 0 fully saturated rings. The molecular formula is C14H14BrNO3S. The third kappa shape index (κ3) is 3.32. The highest BCUT2D eigenvalue weighted by molar-refractivity contribution is 9.10. The summed E-state index contributed by atoms with van der Waals surface area (Å²) >= 11 is 3.24. The van der Waals surface area contributed by atoms with E-state index in [1.165, 1.54) is 6.07 Å². The second-order valence-corrected chi connectivity index (χ2v) is 7.11. The molecule has 0 saturated heterocycles. The fourth-order valence-corrected chi connectivity index (χ4v) is 4.34. The maximum atomic E-state index is 12.4. The summed E-state index contributed by atoms with van der Waals surface area (Å²) in [6.45, 7) is 0. The van der Waals surface area contributed by atoms with Gasteiger partial charge in [0.2, 0.25) is 0 Å². The Bertz CT molecular complexity index is 712. The number of halogens is 1. The maximum absolute atomic E-state index is 12.4. The van der Waals surface area contributed by atoms with Gasteiger partial charge in [-0.3, -0.25) is 0 Å².